The zero-order valence-electron chi connectivity index (χ0n) is 19.2. The summed E-state index contributed by atoms with van der Waals surface area (Å²) in [7, 11) is -3.30. The van der Waals surface area contributed by atoms with E-state index >= 15 is 0 Å². The standard InChI is InChI=1S/C22H30N4O4S2/c1-15-12-17-13-16(6-7-19(17)26(15)32(5,28)29)18-14-31-20(23-18)24-8-10-25(11-9-24)21(27)30-22(2,3)4/h6-7,13-15H,8-12H2,1-5H3/t15-/m0/s1. The van der Waals surface area contributed by atoms with Crippen molar-refractivity contribution in [3.8, 4) is 11.3 Å². The van der Waals surface area contributed by atoms with E-state index in [-0.39, 0.29) is 12.1 Å². The molecule has 2 aliphatic rings. The molecule has 2 aliphatic heterocycles. The SMILES string of the molecule is C[C@H]1Cc2cc(-c3csc(N4CCN(C(=O)OC(C)(C)C)CC4)n3)ccc2N1S(C)(=O)=O. The first kappa shape index (κ1) is 22.8. The van der Waals surface area contributed by atoms with Crippen molar-refractivity contribution in [3.05, 3.63) is 29.1 Å². The second-order valence-corrected chi connectivity index (χ2v) is 12.1. The van der Waals surface area contributed by atoms with Crippen molar-refractivity contribution in [2.45, 2.75) is 45.8 Å². The summed E-state index contributed by atoms with van der Waals surface area (Å²) in [5.41, 5.74) is 3.16. The van der Waals surface area contributed by atoms with Crippen LogP contribution in [0.1, 0.15) is 33.3 Å². The van der Waals surface area contributed by atoms with Crippen LogP contribution in [0.2, 0.25) is 0 Å². The van der Waals surface area contributed by atoms with E-state index in [1.807, 2.05) is 45.2 Å². The molecule has 0 radical (unpaired) electrons. The van der Waals surface area contributed by atoms with Crippen LogP contribution >= 0.6 is 11.3 Å². The Morgan fingerprint density at radius 1 is 1.19 bits per heavy atom. The number of fused-ring (bicyclic) bond motifs is 1. The van der Waals surface area contributed by atoms with Gasteiger partial charge >= 0.3 is 6.09 Å². The van der Waals surface area contributed by atoms with E-state index in [2.05, 4.69) is 11.0 Å². The minimum atomic E-state index is -3.30. The highest BCUT2D eigenvalue weighted by molar-refractivity contribution is 7.92. The second kappa shape index (κ2) is 8.22. The van der Waals surface area contributed by atoms with Gasteiger partial charge in [-0.05, 0) is 51.8 Å². The molecule has 2 aromatic rings. The Labute approximate surface area is 193 Å². The molecule has 174 valence electrons. The molecule has 10 heteroatoms. The van der Waals surface area contributed by atoms with E-state index in [9.17, 15) is 13.2 Å². The number of amides is 1. The molecule has 1 fully saturated rings. The number of piperazine rings is 1. The van der Waals surface area contributed by atoms with Crippen LogP contribution in [0.4, 0.5) is 15.6 Å². The fraction of sp³-hybridized carbons (Fsp3) is 0.545. The number of sulfonamides is 1. The summed E-state index contributed by atoms with van der Waals surface area (Å²) in [5, 5.41) is 2.96. The normalized spacial score (nSPS) is 19.3. The maximum Gasteiger partial charge on any atom is 0.410 e. The number of anilines is 2. The van der Waals surface area contributed by atoms with Gasteiger partial charge in [0.05, 0.1) is 17.6 Å². The molecule has 1 aromatic carbocycles. The van der Waals surface area contributed by atoms with Gasteiger partial charge in [0.1, 0.15) is 5.60 Å². The van der Waals surface area contributed by atoms with Crippen LogP contribution in [0.5, 0.6) is 0 Å². The van der Waals surface area contributed by atoms with Crippen LogP contribution in [0.3, 0.4) is 0 Å². The lowest BCUT2D eigenvalue weighted by Crippen LogP contribution is -2.50. The number of aromatic nitrogens is 1. The molecule has 1 amide bonds. The number of rotatable bonds is 3. The average molecular weight is 479 g/mol. The van der Waals surface area contributed by atoms with Gasteiger partial charge in [-0.15, -0.1) is 11.3 Å². The van der Waals surface area contributed by atoms with E-state index in [1.54, 1.807) is 16.2 Å². The Balaban J connectivity index is 1.44. The Hall–Kier alpha value is -2.33. The number of nitrogens with zero attached hydrogens (tertiary/aromatic N) is 4. The largest absolute Gasteiger partial charge is 0.444 e. The number of carbonyl (C=O) groups excluding carboxylic acids is 1. The lowest BCUT2D eigenvalue weighted by molar-refractivity contribution is 0.0240. The van der Waals surface area contributed by atoms with E-state index in [4.69, 9.17) is 9.72 Å². The first-order valence-corrected chi connectivity index (χ1v) is 13.5. The van der Waals surface area contributed by atoms with Crippen molar-refractivity contribution >= 4 is 38.3 Å². The van der Waals surface area contributed by atoms with Gasteiger partial charge in [0, 0.05) is 43.2 Å². The third kappa shape index (κ3) is 4.71. The lowest BCUT2D eigenvalue weighted by atomic mass is 10.1. The van der Waals surface area contributed by atoms with Gasteiger partial charge in [0.2, 0.25) is 10.0 Å². The summed E-state index contributed by atoms with van der Waals surface area (Å²) >= 11 is 1.58. The molecule has 0 unspecified atom stereocenters. The van der Waals surface area contributed by atoms with Crippen LogP contribution in [0.25, 0.3) is 11.3 Å². The topological polar surface area (TPSA) is 83.1 Å². The van der Waals surface area contributed by atoms with Crippen LogP contribution < -0.4 is 9.21 Å². The first-order chi connectivity index (χ1) is 14.9. The van der Waals surface area contributed by atoms with Gasteiger partial charge in [0.15, 0.2) is 5.13 Å². The van der Waals surface area contributed by atoms with Gasteiger partial charge in [-0.2, -0.15) is 0 Å². The summed E-state index contributed by atoms with van der Waals surface area (Å²) in [5.74, 6) is 0. The molecule has 0 aliphatic carbocycles. The monoisotopic (exact) mass is 478 g/mol. The predicted octanol–water partition coefficient (Wildman–Crippen LogP) is 3.58. The van der Waals surface area contributed by atoms with Crippen LogP contribution in [-0.4, -0.2) is 68.5 Å². The number of ether oxygens (including phenoxy) is 1. The molecule has 8 nitrogen and oxygen atoms in total. The maximum absolute atomic E-state index is 12.3. The molecule has 0 spiro atoms. The molecule has 32 heavy (non-hydrogen) atoms. The van der Waals surface area contributed by atoms with Gasteiger partial charge in [-0.1, -0.05) is 6.07 Å². The summed E-state index contributed by atoms with van der Waals surface area (Å²) in [6.07, 6.45) is 1.68. The van der Waals surface area contributed by atoms with Crippen molar-refractivity contribution in [2.75, 3.05) is 41.6 Å². The van der Waals surface area contributed by atoms with Crippen LogP contribution in [0.15, 0.2) is 23.6 Å². The Kier molecular flexibility index (Phi) is 5.87. The van der Waals surface area contributed by atoms with Crippen molar-refractivity contribution in [2.24, 2.45) is 0 Å². The number of thiazole rings is 1. The van der Waals surface area contributed by atoms with Crippen LogP contribution in [0, 0.1) is 0 Å². The van der Waals surface area contributed by atoms with Gasteiger partial charge in [-0.3, -0.25) is 4.31 Å². The maximum atomic E-state index is 12.3. The molecule has 1 saturated heterocycles. The Morgan fingerprint density at radius 2 is 1.88 bits per heavy atom. The van der Waals surface area contributed by atoms with Crippen molar-refractivity contribution in [3.63, 3.8) is 0 Å². The van der Waals surface area contributed by atoms with Gasteiger partial charge in [-0.25, -0.2) is 18.2 Å². The summed E-state index contributed by atoms with van der Waals surface area (Å²) in [6.45, 7) is 10.2. The van der Waals surface area contributed by atoms with Crippen molar-refractivity contribution in [1.29, 1.82) is 0 Å². The second-order valence-electron chi connectivity index (χ2n) is 9.43. The third-order valence-corrected chi connectivity index (χ3v) is 7.75. The Morgan fingerprint density at radius 3 is 2.50 bits per heavy atom. The van der Waals surface area contributed by atoms with Gasteiger partial charge < -0.3 is 14.5 Å². The fourth-order valence-electron chi connectivity index (χ4n) is 4.22. The quantitative estimate of drug-likeness (QED) is 0.671. The molecule has 1 atom stereocenters. The van der Waals surface area contributed by atoms with Crippen molar-refractivity contribution < 1.29 is 17.9 Å². The highest BCUT2D eigenvalue weighted by atomic mass is 32.2. The minimum absolute atomic E-state index is 0.0810. The fourth-order valence-corrected chi connectivity index (χ4v) is 6.37. The molecule has 0 saturated carbocycles. The minimum Gasteiger partial charge on any atom is -0.444 e. The zero-order valence-corrected chi connectivity index (χ0v) is 20.8. The molecule has 1 aromatic heterocycles. The molecular formula is C22H30N4O4S2. The van der Waals surface area contributed by atoms with E-state index in [0.717, 1.165) is 27.6 Å². The predicted molar refractivity (Wildman–Crippen MR) is 128 cm³/mol. The Bertz CT molecular complexity index is 1120. The molecule has 4 rings (SSSR count). The van der Waals surface area contributed by atoms with E-state index in [0.29, 0.717) is 32.6 Å². The molecule has 0 bridgehead atoms. The number of benzene rings is 1. The van der Waals surface area contributed by atoms with Crippen LogP contribution in [-0.2, 0) is 21.2 Å². The highest BCUT2D eigenvalue weighted by Gasteiger charge is 2.33. The summed E-state index contributed by atoms with van der Waals surface area (Å²) in [4.78, 5) is 21.0. The van der Waals surface area contributed by atoms with Crippen molar-refractivity contribution in [1.82, 2.24) is 9.88 Å². The molecule has 3 heterocycles. The molecule has 0 N–H and O–H groups in total. The zero-order chi connectivity index (χ0) is 23.3. The van der Waals surface area contributed by atoms with E-state index in [1.165, 1.54) is 10.6 Å². The highest BCUT2D eigenvalue weighted by Crippen LogP contribution is 2.37. The lowest BCUT2D eigenvalue weighted by Gasteiger charge is -2.35. The smallest absolute Gasteiger partial charge is 0.410 e. The summed E-state index contributed by atoms with van der Waals surface area (Å²) in [6, 6.07) is 5.79. The summed E-state index contributed by atoms with van der Waals surface area (Å²) < 4.78 is 31.3. The number of hydrogen-bond acceptors (Lipinski definition) is 7. The number of carbonyl (C=O) groups is 1. The first-order valence-electron chi connectivity index (χ1n) is 10.7. The number of hydrogen-bond donors (Lipinski definition) is 0. The van der Waals surface area contributed by atoms with E-state index < -0.39 is 15.6 Å². The van der Waals surface area contributed by atoms with Gasteiger partial charge in [0.25, 0.3) is 0 Å². The molecular weight excluding hydrogens is 448 g/mol. The average Bonchev–Trinajstić information content (AvgIpc) is 3.29. The third-order valence-electron chi connectivity index (χ3n) is 5.58.